The topological polar surface area (TPSA) is 49.4 Å². The highest BCUT2D eigenvalue weighted by atomic mass is 35.5. The number of nitrogens with one attached hydrogen (secondary N) is 1. The van der Waals surface area contributed by atoms with Crippen molar-refractivity contribution >= 4 is 23.4 Å². The van der Waals surface area contributed by atoms with Crippen LogP contribution in [0.5, 0.6) is 0 Å². The predicted octanol–water partition coefficient (Wildman–Crippen LogP) is 4.41. The van der Waals surface area contributed by atoms with E-state index in [0.717, 1.165) is 16.7 Å². The maximum absolute atomic E-state index is 13.4. The lowest BCUT2D eigenvalue weighted by Gasteiger charge is -2.31. The Morgan fingerprint density at radius 3 is 2.13 bits per heavy atom. The summed E-state index contributed by atoms with van der Waals surface area (Å²) in [6.45, 7) is 0.192. The maximum atomic E-state index is 13.4. The first-order valence-electron chi connectivity index (χ1n) is 10.00. The maximum Gasteiger partial charge on any atom is 0.242 e. The van der Waals surface area contributed by atoms with Crippen molar-refractivity contribution in [1.82, 2.24) is 10.2 Å². The van der Waals surface area contributed by atoms with Crippen LogP contribution in [0.25, 0.3) is 0 Å². The van der Waals surface area contributed by atoms with Gasteiger partial charge in [0.2, 0.25) is 11.8 Å². The van der Waals surface area contributed by atoms with Gasteiger partial charge in [0, 0.05) is 25.0 Å². The van der Waals surface area contributed by atoms with Crippen LogP contribution in [-0.2, 0) is 29.0 Å². The van der Waals surface area contributed by atoms with E-state index in [2.05, 4.69) is 5.32 Å². The zero-order valence-electron chi connectivity index (χ0n) is 17.2. The van der Waals surface area contributed by atoms with Gasteiger partial charge in [0.05, 0.1) is 6.42 Å². The fraction of sp³-hybridized carbons (Fsp3) is 0.200. The number of carbonyl (C=O) groups excluding carboxylic acids is 2. The zero-order chi connectivity index (χ0) is 22.2. The minimum atomic E-state index is -0.711. The van der Waals surface area contributed by atoms with Gasteiger partial charge in [-0.25, -0.2) is 4.39 Å². The van der Waals surface area contributed by atoms with Crippen LogP contribution in [0.15, 0.2) is 78.9 Å². The van der Waals surface area contributed by atoms with Gasteiger partial charge in [-0.15, -0.1) is 0 Å². The van der Waals surface area contributed by atoms with Gasteiger partial charge in [0.25, 0.3) is 0 Å². The molecule has 160 valence electrons. The van der Waals surface area contributed by atoms with Crippen LogP contribution in [0, 0.1) is 5.82 Å². The summed E-state index contributed by atoms with van der Waals surface area (Å²) in [4.78, 5) is 27.7. The number of hydrogen-bond donors (Lipinski definition) is 1. The van der Waals surface area contributed by atoms with Crippen molar-refractivity contribution < 1.29 is 14.0 Å². The van der Waals surface area contributed by atoms with E-state index >= 15 is 0 Å². The van der Waals surface area contributed by atoms with Gasteiger partial charge in [-0.05, 0) is 41.0 Å². The van der Waals surface area contributed by atoms with Crippen molar-refractivity contribution in [3.05, 3.63) is 106 Å². The molecule has 0 aliphatic heterocycles. The number of rotatable bonds is 8. The van der Waals surface area contributed by atoms with Crippen LogP contribution < -0.4 is 5.32 Å². The van der Waals surface area contributed by atoms with Gasteiger partial charge in [-0.2, -0.15) is 0 Å². The molecule has 0 saturated carbocycles. The summed E-state index contributed by atoms with van der Waals surface area (Å²) in [6, 6.07) is 21.8. The first kappa shape index (κ1) is 22.5. The van der Waals surface area contributed by atoms with Gasteiger partial charge in [-0.3, -0.25) is 9.59 Å². The average Bonchev–Trinajstić information content (AvgIpc) is 2.79. The standard InChI is InChI=1S/C25H24ClFN2O2/c1-28-25(31)23(15-18-5-3-2-4-6-18)29(17-20-9-13-22(27)14-10-20)24(30)16-19-7-11-21(26)12-8-19/h2-14,23H,15-17H2,1H3,(H,28,31). The molecular weight excluding hydrogens is 415 g/mol. The molecule has 0 aliphatic rings. The van der Waals surface area contributed by atoms with Crippen molar-refractivity contribution in [2.45, 2.75) is 25.4 Å². The highest BCUT2D eigenvalue weighted by molar-refractivity contribution is 6.30. The molecule has 0 spiro atoms. The molecule has 3 rings (SSSR count). The molecule has 31 heavy (non-hydrogen) atoms. The number of carbonyl (C=O) groups is 2. The molecule has 0 radical (unpaired) electrons. The summed E-state index contributed by atoms with van der Waals surface area (Å²) >= 11 is 5.95. The number of amides is 2. The summed E-state index contributed by atoms with van der Waals surface area (Å²) in [7, 11) is 1.56. The van der Waals surface area contributed by atoms with Crippen molar-refractivity contribution in [1.29, 1.82) is 0 Å². The number of likely N-dealkylation sites (N-methyl/N-ethyl adjacent to an activating group) is 1. The minimum absolute atomic E-state index is 0.126. The van der Waals surface area contributed by atoms with Gasteiger partial charge in [0.1, 0.15) is 11.9 Å². The lowest BCUT2D eigenvalue weighted by atomic mass is 10.0. The second-order valence-electron chi connectivity index (χ2n) is 7.27. The quantitative estimate of drug-likeness (QED) is 0.566. The number of halogens is 2. The Bertz CT molecular complexity index is 1010. The molecule has 3 aromatic rings. The minimum Gasteiger partial charge on any atom is -0.357 e. The van der Waals surface area contributed by atoms with E-state index in [1.165, 1.54) is 12.1 Å². The van der Waals surface area contributed by atoms with E-state index in [9.17, 15) is 14.0 Å². The Kier molecular flexibility index (Phi) is 7.79. The van der Waals surface area contributed by atoms with Crippen LogP contribution in [0.1, 0.15) is 16.7 Å². The van der Waals surface area contributed by atoms with Crippen molar-refractivity contribution in [2.24, 2.45) is 0 Å². The predicted molar refractivity (Wildman–Crippen MR) is 120 cm³/mol. The number of benzene rings is 3. The van der Waals surface area contributed by atoms with Gasteiger partial charge in [-0.1, -0.05) is 66.2 Å². The highest BCUT2D eigenvalue weighted by Gasteiger charge is 2.29. The van der Waals surface area contributed by atoms with Crippen LogP contribution >= 0.6 is 11.6 Å². The average molecular weight is 439 g/mol. The summed E-state index contributed by atoms with van der Waals surface area (Å²) in [6.07, 6.45) is 0.495. The monoisotopic (exact) mass is 438 g/mol. The summed E-state index contributed by atoms with van der Waals surface area (Å²) in [5.41, 5.74) is 2.49. The Morgan fingerprint density at radius 2 is 1.52 bits per heavy atom. The molecule has 4 nitrogen and oxygen atoms in total. The fourth-order valence-electron chi connectivity index (χ4n) is 3.39. The molecule has 0 aromatic heterocycles. The molecule has 1 unspecified atom stereocenters. The molecule has 0 heterocycles. The third-order valence-corrected chi connectivity index (χ3v) is 5.30. The van der Waals surface area contributed by atoms with Crippen LogP contribution in [-0.4, -0.2) is 29.8 Å². The fourth-order valence-corrected chi connectivity index (χ4v) is 3.51. The summed E-state index contributed by atoms with van der Waals surface area (Å²) in [5, 5.41) is 3.27. The van der Waals surface area contributed by atoms with Crippen LogP contribution in [0.3, 0.4) is 0 Å². The van der Waals surface area contributed by atoms with Crippen LogP contribution in [0.2, 0.25) is 5.02 Å². The third-order valence-electron chi connectivity index (χ3n) is 5.05. The van der Waals surface area contributed by atoms with Gasteiger partial charge < -0.3 is 10.2 Å². The van der Waals surface area contributed by atoms with Gasteiger partial charge in [0.15, 0.2) is 0 Å². The molecule has 6 heteroatoms. The van der Waals surface area contributed by atoms with E-state index in [0.29, 0.717) is 11.4 Å². The molecule has 2 amide bonds. The van der Waals surface area contributed by atoms with E-state index in [-0.39, 0.29) is 30.6 Å². The normalized spacial score (nSPS) is 11.6. The van der Waals surface area contributed by atoms with E-state index in [1.807, 2.05) is 30.3 Å². The SMILES string of the molecule is CNC(=O)C(Cc1ccccc1)N(Cc1ccc(F)cc1)C(=O)Cc1ccc(Cl)cc1. The molecule has 0 saturated heterocycles. The Morgan fingerprint density at radius 1 is 0.903 bits per heavy atom. The van der Waals surface area contributed by atoms with Crippen LogP contribution in [0.4, 0.5) is 4.39 Å². The van der Waals surface area contributed by atoms with Crippen molar-refractivity contribution in [2.75, 3.05) is 7.05 Å². The van der Waals surface area contributed by atoms with Gasteiger partial charge >= 0.3 is 0 Å². The summed E-state index contributed by atoms with van der Waals surface area (Å²) < 4.78 is 13.4. The largest absolute Gasteiger partial charge is 0.357 e. The lowest BCUT2D eigenvalue weighted by molar-refractivity contribution is -0.140. The van der Waals surface area contributed by atoms with E-state index < -0.39 is 6.04 Å². The highest BCUT2D eigenvalue weighted by Crippen LogP contribution is 2.18. The Balaban J connectivity index is 1.92. The second kappa shape index (κ2) is 10.7. The smallest absolute Gasteiger partial charge is 0.242 e. The Hall–Kier alpha value is -3.18. The zero-order valence-corrected chi connectivity index (χ0v) is 18.0. The molecule has 0 fully saturated rings. The molecule has 3 aromatic carbocycles. The first-order chi connectivity index (χ1) is 15.0. The second-order valence-corrected chi connectivity index (χ2v) is 7.71. The lowest BCUT2D eigenvalue weighted by Crippen LogP contribution is -2.50. The Labute approximate surface area is 186 Å². The molecule has 0 bridgehead atoms. The molecular formula is C25H24ClFN2O2. The van der Waals surface area contributed by atoms with E-state index in [1.54, 1.807) is 48.3 Å². The third kappa shape index (κ3) is 6.40. The van der Waals surface area contributed by atoms with E-state index in [4.69, 9.17) is 11.6 Å². The van der Waals surface area contributed by atoms with Crippen molar-refractivity contribution in [3.8, 4) is 0 Å². The number of hydrogen-bond acceptors (Lipinski definition) is 2. The molecule has 1 N–H and O–H groups in total. The molecule has 0 aliphatic carbocycles. The van der Waals surface area contributed by atoms with Crippen molar-refractivity contribution in [3.63, 3.8) is 0 Å². The molecule has 1 atom stereocenters. The summed E-state index contributed by atoms with van der Waals surface area (Å²) in [5.74, 6) is -0.804. The first-order valence-corrected chi connectivity index (χ1v) is 10.4. The number of nitrogens with zero attached hydrogens (tertiary/aromatic N) is 1.